The van der Waals surface area contributed by atoms with Crippen molar-refractivity contribution < 1.29 is 36.7 Å². The van der Waals surface area contributed by atoms with Crippen molar-refractivity contribution in [1.29, 1.82) is 0 Å². The van der Waals surface area contributed by atoms with Crippen molar-refractivity contribution in [3.05, 3.63) is 48.5 Å². The molecule has 44 heavy (non-hydrogen) atoms. The van der Waals surface area contributed by atoms with Gasteiger partial charge in [-0.05, 0) is 57.2 Å². The number of pyridine rings is 1. The van der Waals surface area contributed by atoms with Crippen molar-refractivity contribution in [3.63, 3.8) is 0 Å². The van der Waals surface area contributed by atoms with E-state index in [-0.39, 0.29) is 28.3 Å². The van der Waals surface area contributed by atoms with E-state index in [4.69, 9.17) is 28.5 Å². The molecule has 1 aliphatic heterocycles. The fourth-order valence-electron chi connectivity index (χ4n) is 4.88. The van der Waals surface area contributed by atoms with Gasteiger partial charge in [-0.3, -0.25) is 4.72 Å². The average molecular weight is 626 g/mol. The number of amides is 1. The van der Waals surface area contributed by atoms with Gasteiger partial charge < -0.3 is 33.3 Å². The first kappa shape index (κ1) is 30.7. The van der Waals surface area contributed by atoms with Crippen LogP contribution in [0.15, 0.2) is 57.9 Å². The second kappa shape index (κ2) is 12.1. The summed E-state index contributed by atoms with van der Waals surface area (Å²) in [5, 5.41) is 4.33. The minimum Gasteiger partial charge on any atom is -0.496 e. The van der Waals surface area contributed by atoms with Gasteiger partial charge in [-0.25, -0.2) is 18.2 Å². The average Bonchev–Trinajstić information content (AvgIpc) is 3.41. The van der Waals surface area contributed by atoms with Gasteiger partial charge in [0, 0.05) is 31.7 Å². The molecule has 0 radical (unpaired) electrons. The van der Waals surface area contributed by atoms with E-state index < -0.39 is 15.6 Å². The number of nitrogens with zero attached hydrogens (tertiary/aromatic N) is 4. The summed E-state index contributed by atoms with van der Waals surface area (Å²) in [7, 11) is 0.00469. The number of piperazine rings is 1. The van der Waals surface area contributed by atoms with Crippen LogP contribution in [-0.2, 0) is 14.8 Å². The zero-order valence-electron chi connectivity index (χ0n) is 25.4. The van der Waals surface area contributed by atoms with Gasteiger partial charge in [-0.2, -0.15) is 0 Å². The van der Waals surface area contributed by atoms with E-state index in [2.05, 4.69) is 14.8 Å². The fourth-order valence-corrected chi connectivity index (χ4v) is 6.21. The van der Waals surface area contributed by atoms with Crippen LogP contribution in [-0.4, -0.2) is 82.7 Å². The van der Waals surface area contributed by atoms with Gasteiger partial charge in [0.1, 0.15) is 34.1 Å². The van der Waals surface area contributed by atoms with Crippen molar-refractivity contribution >= 4 is 38.7 Å². The molecule has 0 spiro atoms. The molecule has 1 amide bonds. The molecule has 234 valence electrons. The Balaban J connectivity index is 1.40. The first-order valence-corrected chi connectivity index (χ1v) is 15.3. The van der Waals surface area contributed by atoms with Gasteiger partial charge in [-0.1, -0.05) is 17.3 Å². The Kier molecular flexibility index (Phi) is 8.46. The maximum Gasteiger partial charge on any atom is 0.410 e. The monoisotopic (exact) mass is 625 g/mol. The number of hydrogen-bond donors (Lipinski definition) is 1. The van der Waals surface area contributed by atoms with Crippen molar-refractivity contribution in [1.82, 2.24) is 15.0 Å². The number of benzene rings is 2. The summed E-state index contributed by atoms with van der Waals surface area (Å²) in [4.78, 5) is 21.0. The van der Waals surface area contributed by atoms with E-state index in [1.165, 1.54) is 33.5 Å². The molecule has 1 saturated heterocycles. The number of methoxy groups -OCH3 is 3. The summed E-state index contributed by atoms with van der Waals surface area (Å²) in [6.07, 6.45) is -0.324. The summed E-state index contributed by atoms with van der Waals surface area (Å²) >= 11 is 0. The van der Waals surface area contributed by atoms with Gasteiger partial charge in [0.2, 0.25) is 0 Å². The van der Waals surface area contributed by atoms with Crippen LogP contribution in [0.1, 0.15) is 20.8 Å². The van der Waals surface area contributed by atoms with Crippen molar-refractivity contribution in [3.8, 4) is 28.5 Å². The largest absolute Gasteiger partial charge is 0.496 e. The standard InChI is InChI=1S/C30H35N5O8S/c1-30(2,3)42-29(36)35-15-13-34(14-16-35)25-12-7-9-20(31-25)19-17-23(41-6)26-24(18-19)43-32-28(26)33-44(37,38)27-21(39-4)10-8-11-22(27)40-5/h7-12,17-18H,13-16H2,1-6H3,(H,32,33). The number of rotatable bonds is 8. The molecule has 1 N–H and O–H groups in total. The van der Waals surface area contributed by atoms with Crippen LogP contribution in [0.2, 0.25) is 0 Å². The van der Waals surface area contributed by atoms with Gasteiger partial charge in [0.05, 0.1) is 27.0 Å². The SMILES string of the molecule is COc1cccc(OC)c1S(=O)(=O)Nc1noc2cc(-c3cccc(N4CCN(C(=O)OC(C)(C)C)CC4)n3)cc(OC)c12. The third kappa shape index (κ3) is 6.30. The zero-order valence-corrected chi connectivity index (χ0v) is 26.2. The maximum atomic E-state index is 13.5. The quantitative estimate of drug-likeness (QED) is 0.289. The summed E-state index contributed by atoms with van der Waals surface area (Å²) in [5.74, 6) is 1.25. The van der Waals surface area contributed by atoms with E-state index in [0.29, 0.717) is 54.2 Å². The Morgan fingerprint density at radius 3 is 2.16 bits per heavy atom. The van der Waals surface area contributed by atoms with Gasteiger partial charge in [0.15, 0.2) is 16.3 Å². The van der Waals surface area contributed by atoms with E-state index in [1.54, 1.807) is 23.1 Å². The van der Waals surface area contributed by atoms with Gasteiger partial charge in [-0.15, -0.1) is 0 Å². The number of fused-ring (bicyclic) bond motifs is 1. The second-order valence-corrected chi connectivity index (χ2v) is 12.6. The Morgan fingerprint density at radius 2 is 1.55 bits per heavy atom. The number of nitrogens with one attached hydrogen (secondary N) is 1. The molecule has 0 aliphatic carbocycles. The number of anilines is 2. The Hall–Kier alpha value is -4.72. The normalized spacial score (nSPS) is 14.0. The van der Waals surface area contributed by atoms with Crippen LogP contribution in [0.5, 0.6) is 17.2 Å². The molecule has 13 nitrogen and oxygen atoms in total. The lowest BCUT2D eigenvalue weighted by molar-refractivity contribution is 0.0240. The highest BCUT2D eigenvalue weighted by Crippen LogP contribution is 2.39. The molecule has 0 atom stereocenters. The first-order chi connectivity index (χ1) is 20.9. The number of aromatic nitrogens is 2. The molecule has 0 unspecified atom stereocenters. The van der Waals surface area contributed by atoms with Crippen LogP contribution in [0.4, 0.5) is 16.4 Å². The van der Waals surface area contributed by atoms with Crippen LogP contribution < -0.4 is 23.8 Å². The molecule has 2 aromatic heterocycles. The van der Waals surface area contributed by atoms with Crippen LogP contribution in [0.3, 0.4) is 0 Å². The molecule has 3 heterocycles. The number of carbonyl (C=O) groups excluding carboxylic acids is 1. The van der Waals surface area contributed by atoms with Crippen LogP contribution >= 0.6 is 0 Å². The van der Waals surface area contributed by atoms with Crippen molar-refractivity contribution in [2.24, 2.45) is 0 Å². The molecular weight excluding hydrogens is 590 g/mol. The highest BCUT2D eigenvalue weighted by atomic mass is 32.2. The number of ether oxygens (including phenoxy) is 4. The fraction of sp³-hybridized carbons (Fsp3) is 0.367. The predicted octanol–water partition coefficient (Wildman–Crippen LogP) is 4.77. The van der Waals surface area contributed by atoms with E-state index in [0.717, 1.165) is 5.82 Å². The molecule has 14 heteroatoms. The number of hydrogen-bond acceptors (Lipinski definition) is 11. The molecule has 1 fully saturated rings. The molecule has 0 saturated carbocycles. The topological polar surface area (TPSA) is 146 Å². The summed E-state index contributed by atoms with van der Waals surface area (Å²) in [6, 6.07) is 13.8. The van der Waals surface area contributed by atoms with Gasteiger partial charge >= 0.3 is 6.09 Å². The zero-order chi connectivity index (χ0) is 31.6. The van der Waals surface area contributed by atoms with Crippen molar-refractivity contribution in [2.75, 3.05) is 57.1 Å². The molecule has 5 rings (SSSR count). The molecular formula is C30H35N5O8S. The highest BCUT2D eigenvalue weighted by molar-refractivity contribution is 7.93. The smallest absolute Gasteiger partial charge is 0.410 e. The predicted molar refractivity (Wildman–Crippen MR) is 164 cm³/mol. The Labute approximate surface area is 255 Å². The molecule has 1 aliphatic rings. The lowest BCUT2D eigenvalue weighted by atomic mass is 10.1. The van der Waals surface area contributed by atoms with E-state index in [9.17, 15) is 13.2 Å². The number of sulfonamides is 1. The minimum absolute atomic E-state index is 0.0547. The lowest BCUT2D eigenvalue weighted by Gasteiger charge is -2.36. The molecule has 0 bridgehead atoms. The van der Waals surface area contributed by atoms with Crippen molar-refractivity contribution in [2.45, 2.75) is 31.3 Å². The summed E-state index contributed by atoms with van der Waals surface area (Å²) in [6.45, 7) is 7.76. The van der Waals surface area contributed by atoms with E-state index in [1.807, 2.05) is 39.0 Å². The first-order valence-electron chi connectivity index (χ1n) is 13.9. The number of carbonyl (C=O) groups is 1. The molecule has 2 aromatic carbocycles. The minimum atomic E-state index is -4.21. The summed E-state index contributed by atoms with van der Waals surface area (Å²) < 4.78 is 56.7. The maximum absolute atomic E-state index is 13.5. The van der Waals surface area contributed by atoms with Gasteiger partial charge in [0.25, 0.3) is 10.0 Å². The highest BCUT2D eigenvalue weighted by Gasteiger charge is 2.29. The third-order valence-corrected chi connectivity index (χ3v) is 8.33. The van der Waals surface area contributed by atoms with Crippen LogP contribution in [0.25, 0.3) is 22.2 Å². The second-order valence-electron chi connectivity index (χ2n) is 11.0. The summed E-state index contributed by atoms with van der Waals surface area (Å²) in [5.41, 5.74) is 1.07. The Bertz CT molecular complexity index is 1750. The van der Waals surface area contributed by atoms with E-state index >= 15 is 0 Å². The third-order valence-electron chi connectivity index (χ3n) is 6.93. The lowest BCUT2D eigenvalue weighted by Crippen LogP contribution is -2.50. The molecule has 4 aromatic rings. The Morgan fingerprint density at radius 1 is 0.909 bits per heavy atom. The van der Waals surface area contributed by atoms with Crippen LogP contribution in [0, 0.1) is 0 Å².